The minimum absolute atomic E-state index is 0.398. The van der Waals surface area contributed by atoms with Crippen LogP contribution in [0.5, 0.6) is 5.88 Å². The second-order valence-corrected chi connectivity index (χ2v) is 4.40. The second-order valence-electron chi connectivity index (χ2n) is 4.40. The van der Waals surface area contributed by atoms with Crippen molar-refractivity contribution in [2.75, 3.05) is 25.6 Å². The van der Waals surface area contributed by atoms with Crippen LogP contribution in [0.3, 0.4) is 0 Å². The molecule has 0 unspecified atom stereocenters. The SMILES string of the molecule is COc1cncc(N(C)CC2CC(N)C2)n1. The summed E-state index contributed by atoms with van der Waals surface area (Å²) in [7, 11) is 3.62. The fourth-order valence-electron chi connectivity index (χ4n) is 2.04. The summed E-state index contributed by atoms with van der Waals surface area (Å²) < 4.78 is 5.05. The van der Waals surface area contributed by atoms with Crippen molar-refractivity contribution in [2.24, 2.45) is 11.7 Å². The van der Waals surface area contributed by atoms with Crippen molar-refractivity contribution in [1.29, 1.82) is 0 Å². The lowest BCUT2D eigenvalue weighted by Crippen LogP contribution is -2.42. The van der Waals surface area contributed by atoms with Gasteiger partial charge in [-0.25, -0.2) is 0 Å². The normalized spacial score (nSPS) is 23.7. The fraction of sp³-hybridized carbons (Fsp3) is 0.636. The maximum absolute atomic E-state index is 5.76. The van der Waals surface area contributed by atoms with Crippen molar-refractivity contribution in [2.45, 2.75) is 18.9 Å². The summed E-state index contributed by atoms with van der Waals surface area (Å²) >= 11 is 0. The average Bonchev–Trinajstić information content (AvgIpc) is 2.27. The second kappa shape index (κ2) is 4.65. The van der Waals surface area contributed by atoms with Gasteiger partial charge in [0.25, 0.3) is 0 Å². The minimum atomic E-state index is 0.398. The molecule has 1 saturated carbocycles. The molecule has 88 valence electrons. The van der Waals surface area contributed by atoms with Gasteiger partial charge in [0.2, 0.25) is 5.88 Å². The monoisotopic (exact) mass is 222 g/mol. The topological polar surface area (TPSA) is 64.3 Å². The molecule has 1 fully saturated rings. The zero-order valence-corrected chi connectivity index (χ0v) is 9.76. The molecule has 0 atom stereocenters. The molecule has 1 aromatic rings. The number of nitrogens with zero attached hydrogens (tertiary/aromatic N) is 3. The summed E-state index contributed by atoms with van der Waals surface area (Å²) in [6, 6.07) is 0.398. The largest absolute Gasteiger partial charge is 0.480 e. The standard InChI is InChI=1S/C11H18N4O/c1-15(7-8-3-9(12)4-8)10-5-13-6-11(14-10)16-2/h5-6,8-9H,3-4,7,12H2,1-2H3. The molecule has 2 rings (SSSR count). The van der Waals surface area contributed by atoms with E-state index in [0.717, 1.165) is 25.2 Å². The molecule has 1 aliphatic rings. The van der Waals surface area contributed by atoms with E-state index < -0.39 is 0 Å². The van der Waals surface area contributed by atoms with Gasteiger partial charge in [-0.2, -0.15) is 4.98 Å². The first-order valence-electron chi connectivity index (χ1n) is 5.51. The van der Waals surface area contributed by atoms with Gasteiger partial charge in [-0.05, 0) is 18.8 Å². The van der Waals surface area contributed by atoms with Crippen LogP contribution >= 0.6 is 0 Å². The molecular weight excluding hydrogens is 204 g/mol. The van der Waals surface area contributed by atoms with Gasteiger partial charge in [-0.15, -0.1) is 0 Å². The van der Waals surface area contributed by atoms with E-state index in [1.54, 1.807) is 19.5 Å². The summed E-state index contributed by atoms with van der Waals surface area (Å²) in [5.41, 5.74) is 5.76. The van der Waals surface area contributed by atoms with E-state index in [1.807, 2.05) is 7.05 Å². The number of hydrogen-bond donors (Lipinski definition) is 1. The van der Waals surface area contributed by atoms with Crippen molar-refractivity contribution in [3.05, 3.63) is 12.4 Å². The Labute approximate surface area is 95.6 Å². The third kappa shape index (κ3) is 2.41. The van der Waals surface area contributed by atoms with E-state index in [-0.39, 0.29) is 0 Å². The first-order chi connectivity index (χ1) is 7.69. The first kappa shape index (κ1) is 11.1. The molecular formula is C11H18N4O. The third-order valence-electron chi connectivity index (χ3n) is 3.00. The Bertz CT molecular complexity index is 352. The quantitative estimate of drug-likeness (QED) is 0.810. The molecule has 0 bridgehead atoms. The Morgan fingerprint density at radius 2 is 2.25 bits per heavy atom. The maximum Gasteiger partial charge on any atom is 0.233 e. The zero-order chi connectivity index (χ0) is 11.5. The molecule has 0 aliphatic heterocycles. The van der Waals surface area contributed by atoms with Gasteiger partial charge in [-0.1, -0.05) is 0 Å². The molecule has 5 heteroatoms. The highest BCUT2D eigenvalue weighted by atomic mass is 16.5. The van der Waals surface area contributed by atoms with Crippen LogP contribution in [-0.4, -0.2) is 36.7 Å². The van der Waals surface area contributed by atoms with Crippen molar-refractivity contribution in [3.8, 4) is 5.88 Å². The number of rotatable bonds is 4. The molecule has 2 N–H and O–H groups in total. The van der Waals surface area contributed by atoms with E-state index in [0.29, 0.717) is 17.8 Å². The highest BCUT2D eigenvalue weighted by Gasteiger charge is 2.27. The fourth-order valence-corrected chi connectivity index (χ4v) is 2.04. The number of anilines is 1. The molecule has 5 nitrogen and oxygen atoms in total. The smallest absolute Gasteiger partial charge is 0.233 e. The van der Waals surface area contributed by atoms with Crippen LogP contribution in [0.2, 0.25) is 0 Å². The van der Waals surface area contributed by atoms with E-state index in [4.69, 9.17) is 10.5 Å². The van der Waals surface area contributed by atoms with Crippen LogP contribution < -0.4 is 15.4 Å². The molecule has 1 aromatic heterocycles. The van der Waals surface area contributed by atoms with Crippen LogP contribution in [0.4, 0.5) is 5.82 Å². The number of methoxy groups -OCH3 is 1. The van der Waals surface area contributed by atoms with Gasteiger partial charge < -0.3 is 15.4 Å². The predicted molar refractivity (Wildman–Crippen MR) is 62.6 cm³/mol. The summed E-state index contributed by atoms with van der Waals surface area (Å²) in [6.07, 6.45) is 5.58. The van der Waals surface area contributed by atoms with Crippen molar-refractivity contribution in [1.82, 2.24) is 9.97 Å². The summed E-state index contributed by atoms with van der Waals surface area (Å²) in [6.45, 7) is 0.982. The van der Waals surface area contributed by atoms with Crippen LogP contribution in [0.25, 0.3) is 0 Å². The Balaban J connectivity index is 1.94. The van der Waals surface area contributed by atoms with E-state index in [1.165, 1.54) is 0 Å². The molecule has 0 amide bonds. The number of aromatic nitrogens is 2. The zero-order valence-electron chi connectivity index (χ0n) is 9.76. The van der Waals surface area contributed by atoms with E-state index >= 15 is 0 Å². The van der Waals surface area contributed by atoms with Crippen LogP contribution in [0.1, 0.15) is 12.8 Å². The molecule has 16 heavy (non-hydrogen) atoms. The molecule has 0 saturated heterocycles. The van der Waals surface area contributed by atoms with Crippen molar-refractivity contribution in [3.63, 3.8) is 0 Å². The molecule has 1 heterocycles. The summed E-state index contributed by atoms with van der Waals surface area (Å²) in [4.78, 5) is 10.5. The molecule has 1 aliphatic carbocycles. The number of ether oxygens (including phenoxy) is 1. The van der Waals surface area contributed by atoms with Crippen LogP contribution in [0, 0.1) is 5.92 Å². The Hall–Kier alpha value is -1.36. The van der Waals surface area contributed by atoms with Crippen molar-refractivity contribution < 1.29 is 4.74 Å². The number of nitrogens with two attached hydrogens (primary N) is 1. The lowest BCUT2D eigenvalue weighted by molar-refractivity contribution is 0.270. The highest BCUT2D eigenvalue weighted by Crippen LogP contribution is 2.27. The van der Waals surface area contributed by atoms with Gasteiger partial charge in [0.05, 0.1) is 19.5 Å². The lowest BCUT2D eigenvalue weighted by atomic mass is 9.81. The summed E-state index contributed by atoms with van der Waals surface area (Å²) in [5.74, 6) is 2.09. The van der Waals surface area contributed by atoms with Gasteiger partial charge in [0.1, 0.15) is 0 Å². The summed E-state index contributed by atoms with van der Waals surface area (Å²) in [5, 5.41) is 0. The van der Waals surface area contributed by atoms with Gasteiger partial charge >= 0.3 is 0 Å². The molecule has 0 radical (unpaired) electrons. The Morgan fingerprint density at radius 1 is 1.50 bits per heavy atom. The van der Waals surface area contributed by atoms with E-state index in [2.05, 4.69) is 14.9 Å². The number of hydrogen-bond acceptors (Lipinski definition) is 5. The predicted octanol–water partition coefficient (Wildman–Crippen LogP) is 0.659. The highest BCUT2D eigenvalue weighted by molar-refractivity contribution is 5.36. The maximum atomic E-state index is 5.76. The van der Waals surface area contributed by atoms with Gasteiger partial charge in [0, 0.05) is 19.6 Å². The average molecular weight is 222 g/mol. The van der Waals surface area contributed by atoms with Crippen LogP contribution in [0.15, 0.2) is 12.4 Å². The lowest BCUT2D eigenvalue weighted by Gasteiger charge is -2.35. The van der Waals surface area contributed by atoms with Crippen molar-refractivity contribution >= 4 is 5.82 Å². The third-order valence-corrected chi connectivity index (χ3v) is 3.00. The van der Waals surface area contributed by atoms with E-state index in [9.17, 15) is 0 Å². The Morgan fingerprint density at radius 3 is 2.88 bits per heavy atom. The first-order valence-corrected chi connectivity index (χ1v) is 5.51. The molecule has 0 aromatic carbocycles. The van der Waals surface area contributed by atoms with Gasteiger partial charge in [0.15, 0.2) is 5.82 Å². The van der Waals surface area contributed by atoms with Crippen LogP contribution in [-0.2, 0) is 0 Å². The Kier molecular flexibility index (Phi) is 3.24. The minimum Gasteiger partial charge on any atom is -0.480 e. The molecule has 0 spiro atoms. The van der Waals surface area contributed by atoms with Gasteiger partial charge in [-0.3, -0.25) is 4.98 Å².